The monoisotopic (exact) mass is 540 g/mol. The molecule has 206 valence electrons. The van der Waals surface area contributed by atoms with Crippen LogP contribution in [-0.2, 0) is 22.6 Å². The molecule has 1 aromatic carbocycles. The SMILES string of the molecule is CCCCc1nc(Cl)c(/C=C(\CC2CCCCC2)C(=O)O)n1Cc1ccc(C(C(=O)O)C2CCCC2)cc1. The average molecular weight is 541 g/mol. The molecule has 0 amide bonds. The van der Waals surface area contributed by atoms with E-state index in [1.54, 1.807) is 6.08 Å². The maximum Gasteiger partial charge on any atom is 0.331 e. The van der Waals surface area contributed by atoms with Gasteiger partial charge in [0.25, 0.3) is 0 Å². The van der Waals surface area contributed by atoms with Gasteiger partial charge in [0.15, 0.2) is 5.15 Å². The molecule has 0 aliphatic heterocycles. The molecule has 0 saturated heterocycles. The van der Waals surface area contributed by atoms with Crippen molar-refractivity contribution in [3.63, 3.8) is 0 Å². The first kappa shape index (κ1) is 28.4. The van der Waals surface area contributed by atoms with E-state index in [2.05, 4.69) is 11.9 Å². The summed E-state index contributed by atoms with van der Waals surface area (Å²) in [4.78, 5) is 28.9. The Hall–Kier alpha value is -2.60. The van der Waals surface area contributed by atoms with E-state index in [1.807, 2.05) is 28.8 Å². The number of aliphatic carboxylic acids is 2. The Bertz CT molecular complexity index is 1130. The minimum absolute atomic E-state index is 0.196. The highest BCUT2D eigenvalue weighted by Crippen LogP contribution is 2.38. The Kier molecular flexibility index (Phi) is 10.1. The van der Waals surface area contributed by atoms with Crippen LogP contribution in [0.1, 0.15) is 113 Å². The molecule has 2 N–H and O–H groups in total. The average Bonchev–Trinajstić information content (AvgIpc) is 3.52. The van der Waals surface area contributed by atoms with Crippen LogP contribution in [0, 0.1) is 11.8 Å². The number of aromatic nitrogens is 2. The molecule has 6 nitrogen and oxygen atoms in total. The highest BCUT2D eigenvalue weighted by molar-refractivity contribution is 6.30. The van der Waals surface area contributed by atoms with Crippen molar-refractivity contribution >= 4 is 29.6 Å². The first-order valence-corrected chi connectivity index (χ1v) is 14.8. The second-order valence-corrected chi connectivity index (χ2v) is 11.5. The summed E-state index contributed by atoms with van der Waals surface area (Å²) in [7, 11) is 0. The highest BCUT2D eigenvalue weighted by atomic mass is 35.5. The smallest absolute Gasteiger partial charge is 0.331 e. The molecule has 0 bridgehead atoms. The number of hydrogen-bond donors (Lipinski definition) is 2. The Morgan fingerprint density at radius 3 is 2.32 bits per heavy atom. The van der Waals surface area contributed by atoms with Gasteiger partial charge in [-0.2, -0.15) is 0 Å². The van der Waals surface area contributed by atoms with Gasteiger partial charge in [0, 0.05) is 18.5 Å². The van der Waals surface area contributed by atoms with Crippen LogP contribution in [0.5, 0.6) is 0 Å². The van der Waals surface area contributed by atoms with Gasteiger partial charge in [-0.15, -0.1) is 0 Å². The number of aryl methyl sites for hydroxylation is 1. The third-order valence-electron chi connectivity index (χ3n) is 8.43. The van der Waals surface area contributed by atoms with Crippen LogP contribution < -0.4 is 0 Å². The second kappa shape index (κ2) is 13.5. The van der Waals surface area contributed by atoms with Gasteiger partial charge < -0.3 is 14.8 Å². The first-order valence-electron chi connectivity index (χ1n) is 14.4. The molecular formula is C31H41ClN2O4. The van der Waals surface area contributed by atoms with E-state index in [0.717, 1.165) is 87.6 Å². The van der Waals surface area contributed by atoms with Crippen LogP contribution in [0.3, 0.4) is 0 Å². The van der Waals surface area contributed by atoms with Crippen molar-refractivity contribution in [2.45, 2.75) is 103 Å². The molecule has 2 aliphatic carbocycles. The zero-order chi connectivity index (χ0) is 27.1. The number of halogens is 1. The van der Waals surface area contributed by atoms with Gasteiger partial charge in [0.1, 0.15) is 5.82 Å². The molecule has 2 saturated carbocycles. The quantitative estimate of drug-likeness (QED) is 0.269. The molecule has 2 aliphatic rings. The maximum atomic E-state index is 12.2. The molecule has 2 aromatic rings. The van der Waals surface area contributed by atoms with Crippen molar-refractivity contribution < 1.29 is 19.8 Å². The fourth-order valence-corrected chi connectivity index (χ4v) is 6.57. The number of hydrogen-bond acceptors (Lipinski definition) is 3. The van der Waals surface area contributed by atoms with Gasteiger partial charge >= 0.3 is 11.9 Å². The first-order chi connectivity index (χ1) is 18.4. The van der Waals surface area contributed by atoms with Crippen LogP contribution in [0.4, 0.5) is 0 Å². The largest absolute Gasteiger partial charge is 0.481 e. The Labute approximate surface area is 231 Å². The minimum Gasteiger partial charge on any atom is -0.481 e. The molecule has 1 unspecified atom stereocenters. The summed E-state index contributed by atoms with van der Waals surface area (Å²) in [5, 5.41) is 20.3. The van der Waals surface area contributed by atoms with Gasteiger partial charge in [0.2, 0.25) is 0 Å². The lowest BCUT2D eigenvalue weighted by Gasteiger charge is -2.21. The van der Waals surface area contributed by atoms with Crippen molar-refractivity contribution in [2.75, 3.05) is 0 Å². The lowest BCUT2D eigenvalue weighted by atomic mass is 9.84. The van der Waals surface area contributed by atoms with E-state index in [-0.39, 0.29) is 5.92 Å². The molecular weight excluding hydrogens is 500 g/mol. The van der Waals surface area contributed by atoms with Gasteiger partial charge in [-0.05, 0) is 54.7 Å². The molecule has 7 heteroatoms. The van der Waals surface area contributed by atoms with Crippen LogP contribution >= 0.6 is 11.6 Å². The molecule has 0 spiro atoms. The maximum absolute atomic E-state index is 12.2. The van der Waals surface area contributed by atoms with Crippen LogP contribution in [0.25, 0.3) is 6.08 Å². The number of nitrogens with zero attached hydrogens (tertiary/aromatic N) is 2. The van der Waals surface area contributed by atoms with Gasteiger partial charge in [-0.25, -0.2) is 9.78 Å². The zero-order valence-corrected chi connectivity index (χ0v) is 23.3. The molecule has 1 heterocycles. The summed E-state index contributed by atoms with van der Waals surface area (Å²) in [6.07, 6.45) is 14.9. The van der Waals surface area contributed by atoms with E-state index in [4.69, 9.17) is 11.6 Å². The van der Waals surface area contributed by atoms with Crippen molar-refractivity contribution in [2.24, 2.45) is 11.8 Å². The van der Waals surface area contributed by atoms with Crippen molar-refractivity contribution in [1.29, 1.82) is 0 Å². The number of carboxylic acids is 2. The number of imidazole rings is 1. The number of carbonyl (C=O) groups is 2. The highest BCUT2D eigenvalue weighted by Gasteiger charge is 2.31. The van der Waals surface area contributed by atoms with E-state index in [0.29, 0.717) is 35.3 Å². The number of unbranched alkanes of at least 4 members (excludes halogenated alkanes) is 1. The zero-order valence-electron chi connectivity index (χ0n) is 22.5. The Balaban J connectivity index is 1.62. The summed E-state index contributed by atoms with van der Waals surface area (Å²) in [6.45, 7) is 2.63. The molecule has 38 heavy (non-hydrogen) atoms. The Morgan fingerprint density at radius 2 is 1.71 bits per heavy atom. The molecule has 0 radical (unpaired) electrons. The van der Waals surface area contributed by atoms with Crippen molar-refractivity contribution in [1.82, 2.24) is 9.55 Å². The molecule has 2 fully saturated rings. The van der Waals surface area contributed by atoms with E-state index >= 15 is 0 Å². The van der Waals surface area contributed by atoms with Crippen LogP contribution in [0.15, 0.2) is 29.8 Å². The molecule has 1 atom stereocenters. The third kappa shape index (κ3) is 7.07. The van der Waals surface area contributed by atoms with Gasteiger partial charge in [-0.1, -0.05) is 94.2 Å². The summed E-state index contributed by atoms with van der Waals surface area (Å²) in [5.41, 5.74) is 2.89. The van der Waals surface area contributed by atoms with E-state index in [9.17, 15) is 19.8 Å². The number of benzene rings is 1. The van der Waals surface area contributed by atoms with Gasteiger partial charge in [-0.3, -0.25) is 4.79 Å². The normalized spacial score (nSPS) is 18.1. The lowest BCUT2D eigenvalue weighted by molar-refractivity contribution is -0.140. The third-order valence-corrected chi connectivity index (χ3v) is 8.71. The fraction of sp³-hybridized carbons (Fsp3) is 0.581. The predicted octanol–water partition coefficient (Wildman–Crippen LogP) is 7.72. The number of rotatable bonds is 12. The molecule has 1 aromatic heterocycles. The topological polar surface area (TPSA) is 92.4 Å². The van der Waals surface area contributed by atoms with E-state index < -0.39 is 17.9 Å². The number of carboxylic acid groups (broad SMARTS) is 2. The minimum atomic E-state index is -0.898. The van der Waals surface area contributed by atoms with Gasteiger partial charge in [0.05, 0.1) is 11.6 Å². The second-order valence-electron chi connectivity index (χ2n) is 11.2. The van der Waals surface area contributed by atoms with Crippen LogP contribution in [-0.4, -0.2) is 31.7 Å². The van der Waals surface area contributed by atoms with Crippen molar-refractivity contribution in [3.05, 3.63) is 57.6 Å². The van der Waals surface area contributed by atoms with Crippen molar-refractivity contribution in [3.8, 4) is 0 Å². The Morgan fingerprint density at radius 1 is 1.05 bits per heavy atom. The predicted molar refractivity (Wildman–Crippen MR) is 151 cm³/mol. The summed E-state index contributed by atoms with van der Waals surface area (Å²) in [5.74, 6) is -0.670. The fourth-order valence-electron chi connectivity index (χ4n) is 6.32. The summed E-state index contributed by atoms with van der Waals surface area (Å²) >= 11 is 6.63. The molecule has 4 rings (SSSR count). The lowest BCUT2D eigenvalue weighted by Crippen LogP contribution is -2.19. The standard InChI is InChI=1S/C31H41ClN2O4/c1-2-3-13-27-33-29(32)26(19-25(30(35)36)18-21-9-5-4-6-10-21)34(27)20-22-14-16-24(17-15-22)28(31(37)38)23-11-7-8-12-23/h14-17,19,21,23,28H,2-13,18,20H2,1H3,(H,35,36)(H,37,38)/b25-19+. The summed E-state index contributed by atoms with van der Waals surface area (Å²) in [6, 6.07) is 7.87. The summed E-state index contributed by atoms with van der Waals surface area (Å²) < 4.78 is 2.04. The van der Waals surface area contributed by atoms with E-state index in [1.165, 1.54) is 6.42 Å². The van der Waals surface area contributed by atoms with Crippen LogP contribution in [0.2, 0.25) is 5.15 Å².